The molecule has 3 rings (SSSR count). The van der Waals surface area contributed by atoms with Gasteiger partial charge >= 0.3 is 0 Å². The Hall–Kier alpha value is -2.29. The number of aryl methyl sites for hydroxylation is 3. The van der Waals surface area contributed by atoms with Gasteiger partial charge in [-0.05, 0) is 61.4 Å². The molecule has 0 aromatic heterocycles. The molecule has 2 aromatic carbocycles. The van der Waals surface area contributed by atoms with Gasteiger partial charge in [-0.3, -0.25) is 4.79 Å². The van der Waals surface area contributed by atoms with Crippen LogP contribution in [0.3, 0.4) is 0 Å². The van der Waals surface area contributed by atoms with Crippen LogP contribution in [0.4, 0.5) is 0 Å². The van der Waals surface area contributed by atoms with Crippen molar-refractivity contribution in [2.24, 2.45) is 0 Å². The summed E-state index contributed by atoms with van der Waals surface area (Å²) in [5.41, 5.74) is 5.10. The van der Waals surface area contributed by atoms with Crippen molar-refractivity contribution in [2.45, 2.75) is 39.0 Å². The van der Waals surface area contributed by atoms with Crippen LogP contribution in [0.1, 0.15) is 35.1 Å². The fourth-order valence-electron chi connectivity index (χ4n) is 3.23. The fourth-order valence-corrected chi connectivity index (χ4v) is 3.23. The summed E-state index contributed by atoms with van der Waals surface area (Å²) in [7, 11) is 0. The first-order chi connectivity index (χ1) is 11.7. The Morgan fingerprint density at radius 1 is 1.08 bits per heavy atom. The van der Waals surface area contributed by atoms with Crippen molar-refractivity contribution >= 4 is 5.91 Å². The van der Waals surface area contributed by atoms with Gasteiger partial charge in [-0.15, -0.1) is 0 Å². The zero-order valence-corrected chi connectivity index (χ0v) is 14.3. The highest BCUT2D eigenvalue weighted by molar-refractivity contribution is 5.78. The van der Waals surface area contributed by atoms with E-state index < -0.39 is 0 Å². The molecule has 1 N–H and O–H groups in total. The van der Waals surface area contributed by atoms with Gasteiger partial charge in [-0.1, -0.05) is 35.9 Å². The maximum Gasteiger partial charge on any atom is 0.224 e. The number of hydrogen-bond donors (Lipinski definition) is 1. The Labute approximate surface area is 144 Å². The molecule has 0 aliphatic heterocycles. The molecule has 0 unspecified atom stereocenters. The predicted octanol–water partition coefficient (Wildman–Crippen LogP) is 3.61. The average molecular weight is 323 g/mol. The number of hydrogen-bond acceptors (Lipinski definition) is 2. The first kappa shape index (κ1) is 16.6. The van der Waals surface area contributed by atoms with E-state index in [4.69, 9.17) is 4.74 Å². The van der Waals surface area contributed by atoms with Crippen LogP contribution in [-0.2, 0) is 24.1 Å². The van der Waals surface area contributed by atoms with E-state index in [1.807, 2.05) is 37.3 Å². The van der Waals surface area contributed by atoms with Gasteiger partial charge in [-0.25, -0.2) is 0 Å². The number of carbonyl (C=O) groups excluding carboxylic acids is 1. The van der Waals surface area contributed by atoms with Gasteiger partial charge in [-0.2, -0.15) is 0 Å². The van der Waals surface area contributed by atoms with Crippen LogP contribution < -0.4 is 10.1 Å². The van der Waals surface area contributed by atoms with E-state index in [0.717, 1.165) is 17.7 Å². The van der Waals surface area contributed by atoms with Crippen molar-refractivity contribution in [3.8, 4) is 5.75 Å². The van der Waals surface area contributed by atoms with E-state index in [1.165, 1.54) is 36.0 Å². The van der Waals surface area contributed by atoms with Gasteiger partial charge in [0.05, 0.1) is 13.0 Å². The number of fused-ring (bicyclic) bond motifs is 1. The molecule has 1 aliphatic rings. The lowest BCUT2D eigenvalue weighted by Crippen LogP contribution is -2.29. The molecular formula is C21H25NO2. The van der Waals surface area contributed by atoms with Crippen molar-refractivity contribution in [1.29, 1.82) is 0 Å². The minimum absolute atomic E-state index is 0.0367. The second-order valence-corrected chi connectivity index (χ2v) is 6.50. The van der Waals surface area contributed by atoms with Gasteiger partial charge in [0.15, 0.2) is 0 Å². The standard InChI is InChI=1S/C21H25NO2/c1-16-5-4-6-17(13-16)14-21(23)22-11-12-24-20-10-9-18-7-2-3-8-19(18)15-20/h4-6,9-10,13,15H,2-3,7-8,11-12,14H2,1H3,(H,22,23). The Morgan fingerprint density at radius 3 is 2.75 bits per heavy atom. The van der Waals surface area contributed by atoms with Crippen molar-refractivity contribution in [2.75, 3.05) is 13.2 Å². The number of rotatable bonds is 6. The van der Waals surface area contributed by atoms with Gasteiger partial charge in [0.25, 0.3) is 0 Å². The van der Waals surface area contributed by atoms with Crippen LogP contribution in [-0.4, -0.2) is 19.1 Å². The Bertz CT molecular complexity index is 709. The summed E-state index contributed by atoms with van der Waals surface area (Å²) >= 11 is 0. The number of ether oxygens (including phenoxy) is 1. The summed E-state index contributed by atoms with van der Waals surface area (Å²) in [4.78, 5) is 12.0. The molecule has 3 nitrogen and oxygen atoms in total. The summed E-state index contributed by atoms with van der Waals surface area (Å²) in [6.45, 7) is 3.06. The first-order valence-corrected chi connectivity index (χ1v) is 8.77. The molecule has 0 radical (unpaired) electrons. The maximum absolute atomic E-state index is 12.0. The molecule has 24 heavy (non-hydrogen) atoms. The van der Waals surface area contributed by atoms with Crippen LogP contribution in [0.2, 0.25) is 0 Å². The highest BCUT2D eigenvalue weighted by atomic mass is 16.5. The zero-order chi connectivity index (χ0) is 16.8. The second-order valence-electron chi connectivity index (χ2n) is 6.50. The van der Waals surface area contributed by atoms with Crippen molar-refractivity contribution in [1.82, 2.24) is 5.32 Å². The van der Waals surface area contributed by atoms with Crippen LogP contribution >= 0.6 is 0 Å². The molecular weight excluding hydrogens is 298 g/mol. The van der Waals surface area contributed by atoms with E-state index >= 15 is 0 Å². The number of carbonyl (C=O) groups is 1. The van der Waals surface area contributed by atoms with E-state index in [-0.39, 0.29) is 5.91 Å². The van der Waals surface area contributed by atoms with Gasteiger partial charge in [0.1, 0.15) is 12.4 Å². The van der Waals surface area contributed by atoms with Crippen molar-refractivity contribution in [3.63, 3.8) is 0 Å². The molecule has 1 aliphatic carbocycles. The molecule has 0 bridgehead atoms. The minimum Gasteiger partial charge on any atom is -0.492 e. The lowest BCUT2D eigenvalue weighted by Gasteiger charge is -2.17. The zero-order valence-electron chi connectivity index (χ0n) is 14.3. The lowest BCUT2D eigenvalue weighted by molar-refractivity contribution is -0.120. The SMILES string of the molecule is Cc1cccc(CC(=O)NCCOc2ccc3c(c2)CCCC3)c1. The average Bonchev–Trinajstić information content (AvgIpc) is 2.58. The molecule has 2 aromatic rings. The Morgan fingerprint density at radius 2 is 1.92 bits per heavy atom. The third kappa shape index (κ3) is 4.60. The fraction of sp³-hybridized carbons (Fsp3) is 0.381. The molecule has 0 saturated carbocycles. The Kier molecular flexibility index (Phi) is 5.52. The van der Waals surface area contributed by atoms with Gasteiger partial charge in [0, 0.05) is 0 Å². The number of nitrogens with one attached hydrogen (secondary N) is 1. The summed E-state index contributed by atoms with van der Waals surface area (Å²) < 4.78 is 5.78. The highest BCUT2D eigenvalue weighted by Gasteiger charge is 2.10. The number of benzene rings is 2. The number of amides is 1. The van der Waals surface area contributed by atoms with E-state index in [1.54, 1.807) is 0 Å². The van der Waals surface area contributed by atoms with Crippen LogP contribution in [0.5, 0.6) is 5.75 Å². The quantitative estimate of drug-likeness (QED) is 0.825. The van der Waals surface area contributed by atoms with Crippen LogP contribution in [0.15, 0.2) is 42.5 Å². The topological polar surface area (TPSA) is 38.3 Å². The molecule has 0 heterocycles. The third-order valence-electron chi connectivity index (χ3n) is 4.46. The molecule has 1 amide bonds. The van der Waals surface area contributed by atoms with Gasteiger partial charge in [0.2, 0.25) is 5.91 Å². The first-order valence-electron chi connectivity index (χ1n) is 8.77. The van der Waals surface area contributed by atoms with E-state index in [0.29, 0.717) is 19.6 Å². The molecule has 0 spiro atoms. The van der Waals surface area contributed by atoms with Crippen LogP contribution in [0, 0.1) is 6.92 Å². The lowest BCUT2D eigenvalue weighted by atomic mass is 9.92. The normalized spacial score (nSPS) is 13.2. The summed E-state index contributed by atoms with van der Waals surface area (Å²) in [6.07, 6.45) is 5.32. The third-order valence-corrected chi connectivity index (χ3v) is 4.46. The maximum atomic E-state index is 12.0. The van der Waals surface area contributed by atoms with E-state index in [2.05, 4.69) is 17.4 Å². The summed E-state index contributed by atoms with van der Waals surface area (Å²) in [6, 6.07) is 14.4. The van der Waals surface area contributed by atoms with E-state index in [9.17, 15) is 4.79 Å². The van der Waals surface area contributed by atoms with Crippen molar-refractivity contribution < 1.29 is 9.53 Å². The Balaban J connectivity index is 1.41. The monoisotopic (exact) mass is 323 g/mol. The smallest absolute Gasteiger partial charge is 0.224 e. The molecule has 0 fully saturated rings. The minimum atomic E-state index is 0.0367. The largest absolute Gasteiger partial charge is 0.492 e. The molecule has 3 heteroatoms. The molecule has 126 valence electrons. The summed E-state index contributed by atoms with van der Waals surface area (Å²) in [5.74, 6) is 0.943. The second kappa shape index (κ2) is 8.00. The van der Waals surface area contributed by atoms with Crippen LogP contribution in [0.25, 0.3) is 0 Å². The summed E-state index contributed by atoms with van der Waals surface area (Å²) in [5, 5.41) is 2.92. The van der Waals surface area contributed by atoms with Crippen molar-refractivity contribution in [3.05, 3.63) is 64.7 Å². The molecule has 0 saturated heterocycles. The highest BCUT2D eigenvalue weighted by Crippen LogP contribution is 2.25. The predicted molar refractivity (Wildman–Crippen MR) is 96.5 cm³/mol. The van der Waals surface area contributed by atoms with Gasteiger partial charge < -0.3 is 10.1 Å². The molecule has 0 atom stereocenters.